The number of aromatic nitrogens is 2. The quantitative estimate of drug-likeness (QED) is 0.494. The third-order valence-electron chi connectivity index (χ3n) is 5.17. The Kier molecular flexibility index (Phi) is 6.32. The van der Waals surface area contributed by atoms with Crippen molar-refractivity contribution < 1.29 is 18.9 Å². The van der Waals surface area contributed by atoms with Crippen molar-refractivity contribution >= 4 is 22.9 Å². The van der Waals surface area contributed by atoms with Crippen LogP contribution in [0.5, 0.6) is 0 Å². The number of hydrogen-bond donors (Lipinski definition) is 1. The average Bonchev–Trinajstić information content (AvgIpc) is 3.02. The van der Waals surface area contributed by atoms with E-state index in [0.29, 0.717) is 18.7 Å². The molecule has 0 fully saturated rings. The van der Waals surface area contributed by atoms with Gasteiger partial charge in [0.15, 0.2) is 17.1 Å². The molecule has 0 saturated carbocycles. The lowest BCUT2D eigenvalue weighted by Gasteiger charge is -2.12. The molecule has 0 spiro atoms. The predicted octanol–water partition coefficient (Wildman–Crippen LogP) is 3.31. The second kappa shape index (κ2) is 8.90. The Labute approximate surface area is 171 Å². The summed E-state index contributed by atoms with van der Waals surface area (Å²) < 4.78 is 9.27. The van der Waals surface area contributed by atoms with E-state index >= 15 is 0 Å². The molecule has 2 aromatic carbocycles. The lowest BCUT2D eigenvalue weighted by molar-refractivity contribution is -0.675. The molecule has 3 aromatic rings. The summed E-state index contributed by atoms with van der Waals surface area (Å²) in [4.78, 5) is 25.1. The maximum atomic E-state index is 12.9. The highest BCUT2D eigenvalue weighted by Crippen LogP contribution is 2.22. The van der Waals surface area contributed by atoms with Crippen LogP contribution in [0.15, 0.2) is 48.5 Å². The molecule has 3 rings (SSSR count). The zero-order valence-electron chi connectivity index (χ0n) is 17.4. The molecule has 6 nitrogen and oxygen atoms in total. The van der Waals surface area contributed by atoms with Gasteiger partial charge in [-0.25, -0.2) is 13.9 Å². The van der Waals surface area contributed by atoms with Crippen molar-refractivity contribution in [2.45, 2.75) is 46.8 Å². The van der Waals surface area contributed by atoms with Crippen LogP contribution in [0.1, 0.15) is 48.6 Å². The van der Waals surface area contributed by atoms with Gasteiger partial charge in [0, 0.05) is 19.5 Å². The molecular formula is C23H28N3O3+. The number of ether oxygens (including phenoxy) is 1. The summed E-state index contributed by atoms with van der Waals surface area (Å²) in [6.07, 6.45) is 0. The Morgan fingerprint density at radius 2 is 1.86 bits per heavy atom. The number of carbonyl (C=O) groups is 2. The summed E-state index contributed by atoms with van der Waals surface area (Å²) in [6, 6.07) is 14.9. The van der Waals surface area contributed by atoms with Crippen LogP contribution in [-0.4, -0.2) is 23.1 Å². The molecule has 6 heteroatoms. The van der Waals surface area contributed by atoms with E-state index in [9.17, 15) is 9.59 Å². The standard InChI is InChI=1S/C23H27N3O3/c1-5-25-17(4)26(16(3)22(27)24-15-18-10-8-7-9-11-18)21-14-19(12-13-20(21)25)23(28)29-6-2/h7-14,16H,5-6,15H2,1-4H3/p+1/t16-/m0/s1. The maximum Gasteiger partial charge on any atom is 0.338 e. The number of rotatable bonds is 7. The minimum absolute atomic E-state index is 0.0707. The van der Waals surface area contributed by atoms with E-state index in [1.54, 1.807) is 13.0 Å². The summed E-state index contributed by atoms with van der Waals surface area (Å²) >= 11 is 0. The first-order chi connectivity index (χ1) is 14.0. The van der Waals surface area contributed by atoms with E-state index < -0.39 is 6.04 Å². The second-order valence-electron chi connectivity index (χ2n) is 6.96. The second-order valence-corrected chi connectivity index (χ2v) is 6.96. The third kappa shape index (κ3) is 4.16. The van der Waals surface area contributed by atoms with Gasteiger partial charge in [-0.05, 0) is 38.5 Å². The molecule has 0 aliphatic heterocycles. The molecule has 0 aliphatic carbocycles. The van der Waals surface area contributed by atoms with E-state index in [1.165, 1.54) is 0 Å². The summed E-state index contributed by atoms with van der Waals surface area (Å²) in [7, 11) is 0. The third-order valence-corrected chi connectivity index (χ3v) is 5.17. The molecule has 1 amide bonds. The van der Waals surface area contributed by atoms with E-state index in [2.05, 4.69) is 16.8 Å². The molecule has 0 saturated heterocycles. The van der Waals surface area contributed by atoms with Gasteiger partial charge < -0.3 is 10.1 Å². The van der Waals surface area contributed by atoms with Crippen molar-refractivity contribution in [3.8, 4) is 0 Å². The van der Waals surface area contributed by atoms with Crippen LogP contribution in [0.25, 0.3) is 11.0 Å². The van der Waals surface area contributed by atoms with E-state index in [-0.39, 0.29) is 11.9 Å². The molecule has 1 atom stereocenters. The predicted molar refractivity (Wildman–Crippen MR) is 112 cm³/mol. The van der Waals surface area contributed by atoms with Crippen LogP contribution in [0, 0.1) is 6.92 Å². The van der Waals surface area contributed by atoms with Crippen LogP contribution in [0.3, 0.4) is 0 Å². The fourth-order valence-corrected chi connectivity index (χ4v) is 3.70. The number of hydrogen-bond acceptors (Lipinski definition) is 3. The van der Waals surface area contributed by atoms with Crippen molar-refractivity contribution in [3.05, 3.63) is 65.5 Å². The van der Waals surface area contributed by atoms with E-state index in [4.69, 9.17) is 4.74 Å². The van der Waals surface area contributed by atoms with Crippen molar-refractivity contribution in [1.82, 2.24) is 9.88 Å². The fraction of sp³-hybridized carbons (Fsp3) is 0.348. The lowest BCUT2D eigenvalue weighted by atomic mass is 10.2. The molecule has 1 heterocycles. The first-order valence-electron chi connectivity index (χ1n) is 10.0. The van der Waals surface area contributed by atoms with Crippen LogP contribution in [0.2, 0.25) is 0 Å². The Morgan fingerprint density at radius 1 is 1.14 bits per heavy atom. The van der Waals surface area contributed by atoms with Crippen LogP contribution in [-0.2, 0) is 22.6 Å². The van der Waals surface area contributed by atoms with E-state index in [1.807, 2.05) is 60.9 Å². The van der Waals surface area contributed by atoms with Gasteiger partial charge in [-0.1, -0.05) is 30.3 Å². The van der Waals surface area contributed by atoms with Gasteiger partial charge in [-0.15, -0.1) is 0 Å². The highest BCUT2D eigenvalue weighted by Gasteiger charge is 2.29. The summed E-state index contributed by atoms with van der Waals surface area (Å²) in [5.41, 5.74) is 3.37. The normalized spacial score (nSPS) is 12.0. The number of esters is 1. The van der Waals surface area contributed by atoms with Crippen molar-refractivity contribution in [3.63, 3.8) is 0 Å². The smallest absolute Gasteiger partial charge is 0.338 e. The molecular weight excluding hydrogens is 366 g/mol. The minimum Gasteiger partial charge on any atom is -0.462 e. The lowest BCUT2D eigenvalue weighted by Crippen LogP contribution is -2.37. The number of benzene rings is 2. The Morgan fingerprint density at radius 3 is 2.52 bits per heavy atom. The van der Waals surface area contributed by atoms with Crippen molar-refractivity contribution in [2.75, 3.05) is 6.61 Å². The maximum absolute atomic E-state index is 12.9. The van der Waals surface area contributed by atoms with Gasteiger partial charge in [0.25, 0.3) is 11.7 Å². The van der Waals surface area contributed by atoms with Gasteiger partial charge in [0.1, 0.15) is 0 Å². The fourth-order valence-electron chi connectivity index (χ4n) is 3.70. The summed E-state index contributed by atoms with van der Waals surface area (Å²) in [5, 5.41) is 3.01. The van der Waals surface area contributed by atoms with Gasteiger partial charge in [0.2, 0.25) is 0 Å². The summed E-state index contributed by atoms with van der Waals surface area (Å²) in [5.74, 6) is 0.536. The number of nitrogens with zero attached hydrogens (tertiary/aromatic N) is 2. The number of fused-ring (bicyclic) bond motifs is 1. The molecule has 1 N–H and O–H groups in total. The zero-order valence-corrected chi connectivity index (χ0v) is 17.4. The van der Waals surface area contributed by atoms with Crippen LogP contribution in [0.4, 0.5) is 0 Å². The molecule has 152 valence electrons. The molecule has 0 radical (unpaired) electrons. The number of amides is 1. The van der Waals surface area contributed by atoms with Crippen molar-refractivity contribution in [1.29, 1.82) is 0 Å². The molecule has 1 aromatic heterocycles. The Hall–Kier alpha value is -3.15. The zero-order chi connectivity index (χ0) is 21.0. The number of imidazole rings is 1. The largest absolute Gasteiger partial charge is 0.462 e. The number of carbonyl (C=O) groups excluding carboxylic acids is 2. The Balaban J connectivity index is 1.95. The highest BCUT2D eigenvalue weighted by atomic mass is 16.5. The first-order valence-corrected chi connectivity index (χ1v) is 10.0. The SMILES string of the molecule is CCOC(=O)c1ccc2c(c1)n([C@@H](C)C(=O)NCc1ccccc1)c(C)[n+]2CC. The van der Waals surface area contributed by atoms with Gasteiger partial charge in [0.05, 0.1) is 18.7 Å². The Bertz CT molecular complexity index is 1020. The average molecular weight is 394 g/mol. The van der Waals surface area contributed by atoms with Gasteiger partial charge in [-0.3, -0.25) is 4.79 Å². The van der Waals surface area contributed by atoms with Crippen LogP contribution >= 0.6 is 0 Å². The molecule has 0 aliphatic rings. The highest BCUT2D eigenvalue weighted by molar-refractivity contribution is 5.93. The monoisotopic (exact) mass is 394 g/mol. The molecule has 0 unspecified atom stereocenters. The minimum atomic E-state index is -0.425. The van der Waals surface area contributed by atoms with E-state index in [0.717, 1.165) is 29.0 Å². The summed E-state index contributed by atoms with van der Waals surface area (Å²) in [6.45, 7) is 9.29. The number of aryl methyl sites for hydroxylation is 1. The van der Waals surface area contributed by atoms with Gasteiger partial charge in [-0.2, -0.15) is 0 Å². The number of nitrogens with one attached hydrogen (secondary N) is 1. The molecule has 29 heavy (non-hydrogen) atoms. The molecule has 0 bridgehead atoms. The van der Waals surface area contributed by atoms with Crippen LogP contribution < -0.4 is 9.88 Å². The first kappa shape index (κ1) is 20.6. The van der Waals surface area contributed by atoms with Gasteiger partial charge >= 0.3 is 5.97 Å². The topological polar surface area (TPSA) is 64.2 Å². The van der Waals surface area contributed by atoms with Crippen molar-refractivity contribution in [2.24, 2.45) is 0 Å².